The van der Waals surface area contributed by atoms with Crippen molar-refractivity contribution in [1.29, 1.82) is 0 Å². The van der Waals surface area contributed by atoms with E-state index in [1.165, 1.54) is 6.42 Å². The third kappa shape index (κ3) is 6.57. The van der Waals surface area contributed by atoms with Gasteiger partial charge in [0.2, 0.25) is 5.91 Å². The highest BCUT2D eigenvalue weighted by Crippen LogP contribution is 2.31. The average Bonchev–Trinajstić information content (AvgIpc) is 2.79. The number of nitrogens with one attached hydrogen (secondary N) is 1. The number of hydrogen-bond donors (Lipinski definition) is 1. The summed E-state index contributed by atoms with van der Waals surface area (Å²) in [7, 11) is 0. The first kappa shape index (κ1) is 25.4. The van der Waals surface area contributed by atoms with E-state index in [1.54, 1.807) is 0 Å². The van der Waals surface area contributed by atoms with Crippen molar-refractivity contribution < 1.29 is 9.59 Å². The lowest BCUT2D eigenvalue weighted by atomic mass is 9.86. The van der Waals surface area contributed by atoms with Crippen molar-refractivity contribution in [2.24, 2.45) is 5.92 Å². The number of carbonyl (C=O) groups is 2. The summed E-state index contributed by atoms with van der Waals surface area (Å²) in [5.74, 6) is 0.233. The van der Waals surface area contributed by atoms with Crippen LogP contribution in [0.4, 0.5) is 0 Å². The molecule has 4 nitrogen and oxygen atoms in total. The lowest BCUT2D eigenvalue weighted by Crippen LogP contribution is -2.58. The fourth-order valence-electron chi connectivity index (χ4n) is 5.15. The SMILES string of the molecule is CCCC(CC)NC(=O)C(C(CC)CC)N(C(=O)c1ccccc1C)C1CCCCC1. The first-order valence-electron chi connectivity index (χ1n) is 12.7. The Balaban J connectivity index is 2.47. The summed E-state index contributed by atoms with van der Waals surface area (Å²) in [5, 5.41) is 3.32. The van der Waals surface area contributed by atoms with Crippen LogP contribution in [0.5, 0.6) is 0 Å². The number of amides is 2. The van der Waals surface area contributed by atoms with Crippen molar-refractivity contribution in [3.8, 4) is 0 Å². The molecular weight excluding hydrogens is 384 g/mol. The zero-order valence-corrected chi connectivity index (χ0v) is 20.5. The molecule has 174 valence electrons. The quantitative estimate of drug-likeness (QED) is 0.451. The minimum atomic E-state index is -0.406. The number of nitrogens with zero attached hydrogens (tertiary/aromatic N) is 1. The molecule has 0 radical (unpaired) electrons. The fourth-order valence-corrected chi connectivity index (χ4v) is 5.15. The molecule has 1 fully saturated rings. The van der Waals surface area contributed by atoms with Crippen molar-refractivity contribution in [3.05, 3.63) is 35.4 Å². The Morgan fingerprint density at radius 2 is 1.65 bits per heavy atom. The summed E-state index contributed by atoms with van der Waals surface area (Å²) in [4.78, 5) is 29.7. The lowest BCUT2D eigenvalue weighted by molar-refractivity contribution is -0.129. The Hall–Kier alpha value is -1.84. The van der Waals surface area contributed by atoms with Crippen LogP contribution in [0.15, 0.2) is 24.3 Å². The fraction of sp³-hybridized carbons (Fsp3) is 0.704. The topological polar surface area (TPSA) is 49.4 Å². The van der Waals surface area contributed by atoms with E-state index in [4.69, 9.17) is 0 Å². The molecule has 1 N–H and O–H groups in total. The summed E-state index contributed by atoms with van der Waals surface area (Å²) in [6, 6.07) is 7.72. The van der Waals surface area contributed by atoms with Crippen LogP contribution in [0.25, 0.3) is 0 Å². The van der Waals surface area contributed by atoms with E-state index in [2.05, 4.69) is 33.0 Å². The summed E-state index contributed by atoms with van der Waals surface area (Å²) in [6.07, 6.45) is 10.2. The monoisotopic (exact) mass is 428 g/mol. The molecule has 4 heteroatoms. The number of rotatable bonds is 11. The maximum Gasteiger partial charge on any atom is 0.255 e. The van der Waals surface area contributed by atoms with E-state index in [-0.39, 0.29) is 29.8 Å². The highest BCUT2D eigenvalue weighted by molar-refractivity contribution is 5.99. The van der Waals surface area contributed by atoms with Gasteiger partial charge in [0.05, 0.1) is 0 Å². The molecule has 1 aliphatic rings. The Kier molecular flexibility index (Phi) is 10.6. The van der Waals surface area contributed by atoms with E-state index < -0.39 is 6.04 Å². The van der Waals surface area contributed by atoms with Gasteiger partial charge in [0.1, 0.15) is 6.04 Å². The predicted molar refractivity (Wildman–Crippen MR) is 129 cm³/mol. The van der Waals surface area contributed by atoms with Gasteiger partial charge in [0.15, 0.2) is 0 Å². The molecule has 2 rings (SSSR count). The van der Waals surface area contributed by atoms with E-state index in [1.807, 2.05) is 36.1 Å². The van der Waals surface area contributed by atoms with Gasteiger partial charge in [-0.15, -0.1) is 0 Å². The van der Waals surface area contributed by atoms with Gasteiger partial charge >= 0.3 is 0 Å². The number of carbonyl (C=O) groups excluding carboxylic acids is 2. The van der Waals surface area contributed by atoms with E-state index >= 15 is 0 Å². The predicted octanol–water partition coefficient (Wildman–Crippen LogP) is 6.27. The highest BCUT2D eigenvalue weighted by Gasteiger charge is 2.40. The van der Waals surface area contributed by atoms with Crippen LogP contribution >= 0.6 is 0 Å². The van der Waals surface area contributed by atoms with E-state index in [0.717, 1.165) is 68.9 Å². The molecule has 0 aromatic heterocycles. The van der Waals surface area contributed by atoms with Crippen LogP contribution in [0.1, 0.15) is 108 Å². The number of aryl methyl sites for hydroxylation is 1. The molecule has 1 aromatic carbocycles. The average molecular weight is 429 g/mol. The summed E-state index contributed by atoms with van der Waals surface area (Å²) in [5.41, 5.74) is 1.71. The van der Waals surface area contributed by atoms with Gasteiger partial charge in [-0.25, -0.2) is 0 Å². The smallest absolute Gasteiger partial charge is 0.255 e. The van der Waals surface area contributed by atoms with Gasteiger partial charge in [-0.05, 0) is 50.2 Å². The van der Waals surface area contributed by atoms with Crippen molar-refractivity contribution in [3.63, 3.8) is 0 Å². The molecule has 0 heterocycles. The molecule has 1 aliphatic carbocycles. The van der Waals surface area contributed by atoms with Gasteiger partial charge < -0.3 is 10.2 Å². The molecule has 2 atom stereocenters. The normalized spacial score (nSPS) is 16.7. The van der Waals surface area contributed by atoms with Gasteiger partial charge in [0.25, 0.3) is 5.91 Å². The highest BCUT2D eigenvalue weighted by atomic mass is 16.2. The lowest BCUT2D eigenvalue weighted by Gasteiger charge is -2.43. The molecule has 2 amide bonds. The Morgan fingerprint density at radius 1 is 1.00 bits per heavy atom. The third-order valence-electron chi connectivity index (χ3n) is 7.12. The van der Waals surface area contributed by atoms with Gasteiger partial charge in [0, 0.05) is 17.6 Å². The molecular formula is C27H44N2O2. The minimum absolute atomic E-state index is 0.0283. The first-order valence-corrected chi connectivity index (χ1v) is 12.7. The Bertz CT molecular complexity index is 692. The number of hydrogen-bond acceptors (Lipinski definition) is 2. The summed E-state index contributed by atoms with van der Waals surface area (Å²) in [6.45, 7) is 10.6. The second-order valence-electron chi connectivity index (χ2n) is 9.24. The van der Waals surface area contributed by atoms with Crippen LogP contribution in [0, 0.1) is 12.8 Å². The van der Waals surface area contributed by atoms with Crippen molar-refractivity contribution in [1.82, 2.24) is 10.2 Å². The summed E-state index contributed by atoms with van der Waals surface area (Å²) < 4.78 is 0. The summed E-state index contributed by atoms with van der Waals surface area (Å²) >= 11 is 0. The minimum Gasteiger partial charge on any atom is -0.352 e. The van der Waals surface area contributed by atoms with Crippen LogP contribution in [-0.2, 0) is 4.79 Å². The molecule has 0 aliphatic heterocycles. The zero-order chi connectivity index (χ0) is 22.8. The van der Waals surface area contributed by atoms with Crippen LogP contribution in [-0.4, -0.2) is 34.8 Å². The van der Waals surface area contributed by atoms with Crippen molar-refractivity contribution in [2.75, 3.05) is 0 Å². The molecule has 1 aromatic rings. The zero-order valence-electron chi connectivity index (χ0n) is 20.5. The van der Waals surface area contributed by atoms with E-state index in [0.29, 0.717) is 0 Å². The molecule has 0 bridgehead atoms. The first-order chi connectivity index (χ1) is 15.0. The largest absolute Gasteiger partial charge is 0.352 e. The van der Waals surface area contributed by atoms with Gasteiger partial charge in [-0.2, -0.15) is 0 Å². The van der Waals surface area contributed by atoms with Crippen molar-refractivity contribution in [2.45, 2.75) is 117 Å². The number of benzene rings is 1. The Morgan fingerprint density at radius 3 is 2.19 bits per heavy atom. The molecule has 0 spiro atoms. The van der Waals surface area contributed by atoms with Crippen LogP contribution in [0.3, 0.4) is 0 Å². The van der Waals surface area contributed by atoms with Crippen molar-refractivity contribution >= 4 is 11.8 Å². The second kappa shape index (κ2) is 12.9. The van der Waals surface area contributed by atoms with E-state index in [9.17, 15) is 9.59 Å². The molecule has 0 saturated heterocycles. The second-order valence-corrected chi connectivity index (χ2v) is 9.24. The van der Waals surface area contributed by atoms with Gasteiger partial charge in [-0.1, -0.05) is 84.4 Å². The van der Waals surface area contributed by atoms with Gasteiger partial charge in [-0.3, -0.25) is 9.59 Å². The van der Waals surface area contributed by atoms with Crippen LogP contribution in [0.2, 0.25) is 0 Å². The third-order valence-corrected chi connectivity index (χ3v) is 7.12. The molecule has 2 unspecified atom stereocenters. The molecule has 31 heavy (non-hydrogen) atoms. The standard InChI is InChI=1S/C27H44N2O2/c1-6-15-22(9-4)28-26(30)25(21(7-2)8-3)29(23-17-11-10-12-18-23)27(31)24-19-14-13-16-20(24)5/h13-14,16,19,21-23,25H,6-12,15,17-18H2,1-5H3,(H,28,30). The maximum absolute atomic E-state index is 14.0. The molecule has 1 saturated carbocycles. The maximum atomic E-state index is 14.0. The Labute approximate surface area is 190 Å². The van der Waals surface area contributed by atoms with Crippen LogP contribution < -0.4 is 5.32 Å².